The number of benzene rings is 1. The highest BCUT2D eigenvalue weighted by molar-refractivity contribution is 7.91. The van der Waals surface area contributed by atoms with Crippen LogP contribution in [0.3, 0.4) is 0 Å². The molecule has 0 aromatic heterocycles. The zero-order valence-corrected chi connectivity index (χ0v) is 15.0. The summed E-state index contributed by atoms with van der Waals surface area (Å²) < 4.78 is 36.5. The van der Waals surface area contributed by atoms with Gasteiger partial charge in [0.1, 0.15) is 5.82 Å². The first kappa shape index (κ1) is 17.0. The van der Waals surface area contributed by atoms with Crippen molar-refractivity contribution in [1.82, 2.24) is 9.80 Å². The third-order valence-electron chi connectivity index (χ3n) is 5.88. The Kier molecular flexibility index (Phi) is 4.11. The predicted molar refractivity (Wildman–Crippen MR) is 92.5 cm³/mol. The maximum absolute atomic E-state index is 13.2. The van der Waals surface area contributed by atoms with Crippen LogP contribution in [0.5, 0.6) is 0 Å². The van der Waals surface area contributed by atoms with Crippen molar-refractivity contribution in [3.05, 3.63) is 35.6 Å². The van der Waals surface area contributed by atoms with Crippen LogP contribution in [-0.4, -0.2) is 67.9 Å². The number of hydrogen-bond donors (Lipinski definition) is 0. The third kappa shape index (κ3) is 3.19. The lowest BCUT2D eigenvalue weighted by atomic mass is 9.94. The van der Waals surface area contributed by atoms with Crippen LogP contribution >= 0.6 is 0 Å². The molecule has 4 rings (SSSR count). The van der Waals surface area contributed by atoms with Crippen molar-refractivity contribution in [1.29, 1.82) is 0 Å². The molecule has 1 amide bonds. The summed E-state index contributed by atoms with van der Waals surface area (Å²) in [6.07, 6.45) is 2.34. The molecule has 1 atom stereocenters. The number of piperazine rings is 1. The van der Waals surface area contributed by atoms with Crippen molar-refractivity contribution >= 4 is 15.7 Å². The van der Waals surface area contributed by atoms with Crippen LogP contribution in [0.1, 0.15) is 24.8 Å². The Bertz CT molecular complexity index is 766. The van der Waals surface area contributed by atoms with Crippen LogP contribution in [0.25, 0.3) is 0 Å². The van der Waals surface area contributed by atoms with E-state index in [1.54, 1.807) is 12.1 Å². The summed E-state index contributed by atoms with van der Waals surface area (Å²) in [6.45, 7) is 2.73. The van der Waals surface area contributed by atoms with Crippen molar-refractivity contribution in [3.63, 3.8) is 0 Å². The molecule has 2 heterocycles. The second kappa shape index (κ2) is 6.06. The van der Waals surface area contributed by atoms with Gasteiger partial charge in [-0.2, -0.15) is 0 Å². The van der Waals surface area contributed by atoms with Crippen LogP contribution < -0.4 is 0 Å². The van der Waals surface area contributed by atoms with Gasteiger partial charge in [-0.05, 0) is 37.0 Å². The zero-order valence-electron chi connectivity index (χ0n) is 14.2. The van der Waals surface area contributed by atoms with E-state index in [0.717, 1.165) is 31.5 Å². The topological polar surface area (TPSA) is 57.7 Å². The molecule has 1 aromatic carbocycles. The van der Waals surface area contributed by atoms with Gasteiger partial charge < -0.3 is 4.90 Å². The highest BCUT2D eigenvalue weighted by Crippen LogP contribution is 2.49. The average molecular weight is 366 g/mol. The first-order chi connectivity index (χ1) is 11.9. The number of nitrogens with zero attached hydrogens (tertiary/aromatic N) is 2. The third-order valence-corrected chi connectivity index (χ3v) is 7.63. The molecule has 0 radical (unpaired) electrons. The predicted octanol–water partition coefficient (Wildman–Crippen LogP) is 1.19. The summed E-state index contributed by atoms with van der Waals surface area (Å²) >= 11 is 0. The van der Waals surface area contributed by atoms with Crippen molar-refractivity contribution in [2.75, 3.05) is 37.7 Å². The Morgan fingerprint density at radius 1 is 1.08 bits per heavy atom. The molecule has 0 bridgehead atoms. The summed E-state index contributed by atoms with van der Waals surface area (Å²) in [5, 5.41) is 0. The molecular formula is C18H23FN2O3S. The molecule has 0 spiro atoms. The lowest BCUT2D eigenvalue weighted by molar-refractivity contribution is -0.136. The summed E-state index contributed by atoms with van der Waals surface area (Å²) in [6, 6.07) is 6.39. The van der Waals surface area contributed by atoms with E-state index in [9.17, 15) is 17.6 Å². The molecule has 0 N–H and O–H groups in total. The van der Waals surface area contributed by atoms with E-state index >= 15 is 0 Å². The number of carbonyl (C=O) groups excluding carboxylic acids is 1. The Balaban J connectivity index is 1.39. The van der Waals surface area contributed by atoms with Gasteiger partial charge in [0, 0.05) is 32.2 Å². The summed E-state index contributed by atoms with van der Waals surface area (Å²) in [5.41, 5.74) is 0.440. The van der Waals surface area contributed by atoms with Crippen LogP contribution in [-0.2, 0) is 20.0 Å². The maximum Gasteiger partial charge on any atom is 0.233 e. The fraction of sp³-hybridized carbons (Fsp3) is 0.611. The zero-order chi connectivity index (χ0) is 17.7. The van der Waals surface area contributed by atoms with Crippen molar-refractivity contribution in [2.45, 2.75) is 30.7 Å². The smallest absolute Gasteiger partial charge is 0.233 e. The molecule has 3 fully saturated rings. The van der Waals surface area contributed by atoms with Crippen molar-refractivity contribution < 1.29 is 17.6 Å². The molecule has 1 unspecified atom stereocenters. The van der Waals surface area contributed by atoms with Gasteiger partial charge in [-0.25, -0.2) is 12.8 Å². The molecule has 5 nitrogen and oxygen atoms in total. The first-order valence-electron chi connectivity index (χ1n) is 8.90. The Morgan fingerprint density at radius 3 is 2.24 bits per heavy atom. The van der Waals surface area contributed by atoms with Gasteiger partial charge in [-0.15, -0.1) is 0 Å². The second-order valence-corrected chi connectivity index (χ2v) is 9.70. The molecule has 1 aliphatic carbocycles. The van der Waals surface area contributed by atoms with Crippen LogP contribution in [0.15, 0.2) is 24.3 Å². The first-order valence-corrected chi connectivity index (χ1v) is 10.7. The van der Waals surface area contributed by atoms with Gasteiger partial charge >= 0.3 is 0 Å². The minimum Gasteiger partial charge on any atom is -0.339 e. The molecule has 3 aliphatic rings. The molecule has 25 heavy (non-hydrogen) atoms. The SMILES string of the molecule is O=C(N1CCN(C2CCS(=O)(=O)C2)CC1)C1(c2ccc(F)cc2)CC1. The molecule has 7 heteroatoms. The number of amides is 1. The van der Waals surface area contributed by atoms with Gasteiger partial charge in [-0.3, -0.25) is 9.69 Å². The van der Waals surface area contributed by atoms with E-state index in [1.165, 1.54) is 12.1 Å². The standard InChI is InChI=1S/C18H23FN2O3S/c19-15-3-1-14(2-4-15)18(6-7-18)17(22)21-10-8-20(9-11-21)16-5-12-25(23,24)13-16/h1-4,16H,5-13H2. The number of rotatable bonds is 3. The average Bonchev–Trinajstić information content (AvgIpc) is 3.33. The number of hydrogen-bond acceptors (Lipinski definition) is 4. The fourth-order valence-electron chi connectivity index (χ4n) is 4.18. The van der Waals surface area contributed by atoms with Gasteiger partial charge in [0.05, 0.1) is 16.9 Å². The largest absolute Gasteiger partial charge is 0.339 e. The summed E-state index contributed by atoms with van der Waals surface area (Å²) in [5.74, 6) is 0.384. The van der Waals surface area contributed by atoms with Crippen molar-refractivity contribution in [2.24, 2.45) is 0 Å². The Hall–Kier alpha value is -1.47. The maximum atomic E-state index is 13.2. The molecule has 1 aromatic rings. The molecular weight excluding hydrogens is 343 g/mol. The lowest BCUT2D eigenvalue weighted by Crippen LogP contribution is -2.54. The van der Waals surface area contributed by atoms with Gasteiger partial charge in [-0.1, -0.05) is 12.1 Å². The van der Waals surface area contributed by atoms with E-state index in [1.807, 2.05) is 4.90 Å². The summed E-state index contributed by atoms with van der Waals surface area (Å²) in [7, 11) is -2.88. The second-order valence-electron chi connectivity index (χ2n) is 7.47. The summed E-state index contributed by atoms with van der Waals surface area (Å²) in [4.78, 5) is 17.1. The van der Waals surface area contributed by atoms with E-state index in [0.29, 0.717) is 19.5 Å². The molecule has 1 saturated carbocycles. The fourth-order valence-corrected chi connectivity index (χ4v) is 5.94. The van der Waals surface area contributed by atoms with Gasteiger partial charge in [0.2, 0.25) is 5.91 Å². The molecule has 2 aliphatic heterocycles. The van der Waals surface area contributed by atoms with Crippen molar-refractivity contribution in [3.8, 4) is 0 Å². The van der Waals surface area contributed by atoms with E-state index in [-0.39, 0.29) is 29.3 Å². The van der Waals surface area contributed by atoms with Gasteiger partial charge in [0.25, 0.3) is 0 Å². The highest BCUT2D eigenvalue weighted by Gasteiger charge is 2.53. The van der Waals surface area contributed by atoms with E-state index in [2.05, 4.69) is 4.90 Å². The molecule has 2 saturated heterocycles. The lowest BCUT2D eigenvalue weighted by Gasteiger charge is -2.39. The quantitative estimate of drug-likeness (QED) is 0.806. The minimum absolute atomic E-state index is 0.106. The Labute approximate surface area is 147 Å². The molecule has 136 valence electrons. The Morgan fingerprint density at radius 2 is 1.72 bits per heavy atom. The highest BCUT2D eigenvalue weighted by atomic mass is 32.2. The minimum atomic E-state index is -2.88. The van der Waals surface area contributed by atoms with Crippen LogP contribution in [0.4, 0.5) is 4.39 Å². The van der Waals surface area contributed by atoms with E-state index in [4.69, 9.17) is 0 Å². The number of halogens is 1. The van der Waals surface area contributed by atoms with Crippen LogP contribution in [0, 0.1) is 5.82 Å². The number of carbonyl (C=O) groups is 1. The monoisotopic (exact) mass is 366 g/mol. The van der Waals surface area contributed by atoms with E-state index < -0.39 is 15.3 Å². The number of sulfone groups is 1. The normalized spacial score (nSPS) is 28.0. The van der Waals surface area contributed by atoms with Crippen LogP contribution in [0.2, 0.25) is 0 Å². The van der Waals surface area contributed by atoms with Gasteiger partial charge in [0.15, 0.2) is 9.84 Å².